The summed E-state index contributed by atoms with van der Waals surface area (Å²) in [5.74, 6) is -0.294. The van der Waals surface area contributed by atoms with Crippen LogP contribution in [0.1, 0.15) is 6.92 Å². The number of hydrogen-bond acceptors (Lipinski definition) is 5. The van der Waals surface area contributed by atoms with Crippen molar-refractivity contribution in [3.8, 4) is 11.5 Å². The molecule has 0 aliphatic heterocycles. The number of methoxy groups -OCH3 is 2. The normalized spacial score (nSPS) is 11.1. The third-order valence-electron chi connectivity index (χ3n) is 3.79. The monoisotopic (exact) mass is 396 g/mol. The summed E-state index contributed by atoms with van der Waals surface area (Å²) in [4.78, 5) is 13.1. The second-order valence-electron chi connectivity index (χ2n) is 5.57. The van der Waals surface area contributed by atoms with Gasteiger partial charge in [0.2, 0.25) is 15.9 Å². The largest absolute Gasteiger partial charge is 0.497 e. The molecule has 7 nitrogen and oxygen atoms in total. The first kappa shape index (κ1) is 20.7. The van der Waals surface area contributed by atoms with Gasteiger partial charge in [0.15, 0.2) is 0 Å². The third kappa shape index (κ3) is 5.18. The minimum atomic E-state index is -3.91. The lowest BCUT2D eigenvalue weighted by Gasteiger charge is -2.21. The van der Waals surface area contributed by atoms with Crippen LogP contribution in [0.4, 0.5) is 10.1 Å². The van der Waals surface area contributed by atoms with Gasteiger partial charge < -0.3 is 14.4 Å². The lowest BCUT2D eigenvalue weighted by atomic mass is 10.2. The molecule has 1 N–H and O–H groups in total. The quantitative estimate of drug-likeness (QED) is 0.739. The van der Waals surface area contributed by atoms with Crippen LogP contribution in [0.2, 0.25) is 0 Å². The minimum Gasteiger partial charge on any atom is -0.497 e. The Bertz CT molecular complexity index is 918. The Labute approximate surface area is 157 Å². The highest BCUT2D eigenvalue weighted by Gasteiger charge is 2.21. The molecule has 146 valence electrons. The fourth-order valence-electron chi connectivity index (χ4n) is 2.48. The van der Waals surface area contributed by atoms with Gasteiger partial charge in [-0.3, -0.25) is 4.79 Å². The average Bonchev–Trinajstić information content (AvgIpc) is 2.64. The first-order valence-electron chi connectivity index (χ1n) is 8.04. The van der Waals surface area contributed by atoms with E-state index >= 15 is 0 Å². The topological polar surface area (TPSA) is 84.9 Å². The number of nitrogens with zero attached hydrogens (tertiary/aromatic N) is 1. The molecule has 0 aliphatic carbocycles. The Balaban J connectivity index is 2.16. The van der Waals surface area contributed by atoms with Crippen molar-refractivity contribution >= 4 is 21.6 Å². The minimum absolute atomic E-state index is 0.0320. The molecule has 0 heterocycles. The van der Waals surface area contributed by atoms with Crippen LogP contribution >= 0.6 is 0 Å². The molecule has 0 radical (unpaired) electrons. The third-order valence-corrected chi connectivity index (χ3v) is 5.27. The van der Waals surface area contributed by atoms with E-state index in [1.54, 1.807) is 12.1 Å². The first-order valence-corrected chi connectivity index (χ1v) is 9.52. The molecule has 1 amide bonds. The molecule has 0 fully saturated rings. The molecule has 2 aromatic carbocycles. The van der Waals surface area contributed by atoms with Crippen LogP contribution < -0.4 is 19.1 Å². The van der Waals surface area contributed by atoms with Gasteiger partial charge >= 0.3 is 0 Å². The van der Waals surface area contributed by atoms with Crippen molar-refractivity contribution in [2.75, 3.05) is 32.2 Å². The summed E-state index contributed by atoms with van der Waals surface area (Å²) in [5, 5.41) is 0. The maximum Gasteiger partial charge on any atom is 0.244 e. The summed E-state index contributed by atoms with van der Waals surface area (Å²) < 4.78 is 51.2. The summed E-state index contributed by atoms with van der Waals surface area (Å²) in [5.41, 5.74) is 0.348. The highest BCUT2D eigenvalue weighted by atomic mass is 32.2. The van der Waals surface area contributed by atoms with Gasteiger partial charge in [0, 0.05) is 31.8 Å². The molecule has 0 bridgehead atoms. The summed E-state index contributed by atoms with van der Waals surface area (Å²) in [6.45, 7) is 1.29. The smallest absolute Gasteiger partial charge is 0.244 e. The second-order valence-corrected chi connectivity index (χ2v) is 7.30. The number of hydrogen-bond donors (Lipinski definition) is 1. The molecule has 0 aliphatic rings. The average molecular weight is 396 g/mol. The molecule has 2 rings (SSSR count). The molecular weight excluding hydrogens is 375 g/mol. The van der Waals surface area contributed by atoms with Crippen molar-refractivity contribution in [1.82, 2.24) is 4.72 Å². The van der Waals surface area contributed by atoms with Crippen molar-refractivity contribution in [3.05, 3.63) is 48.3 Å². The number of nitrogens with one attached hydrogen (secondary N) is 1. The molecule has 0 atom stereocenters. The number of carbonyl (C=O) groups excluding carboxylic acids is 1. The fourth-order valence-corrected chi connectivity index (χ4v) is 3.68. The van der Waals surface area contributed by atoms with Gasteiger partial charge in [-0.1, -0.05) is 6.07 Å². The summed E-state index contributed by atoms with van der Waals surface area (Å²) in [6, 6.07) is 9.94. The van der Waals surface area contributed by atoms with Gasteiger partial charge in [0.1, 0.15) is 22.2 Å². The molecule has 0 saturated carbocycles. The summed E-state index contributed by atoms with van der Waals surface area (Å²) in [7, 11) is -1.13. The number of rotatable bonds is 8. The standard InChI is InChI=1S/C18H21FN2O5S/c1-13(22)21(15-6-4-5-14(19)11-15)10-9-20-27(23,24)18-12-16(25-2)7-8-17(18)26-3/h4-8,11-12,20H,9-10H2,1-3H3. The van der Waals surface area contributed by atoms with E-state index in [2.05, 4.69) is 4.72 Å². The first-order chi connectivity index (χ1) is 12.8. The number of sulfonamides is 1. The van der Waals surface area contributed by atoms with E-state index in [-0.39, 0.29) is 29.6 Å². The van der Waals surface area contributed by atoms with Crippen LogP contribution in [-0.2, 0) is 14.8 Å². The van der Waals surface area contributed by atoms with Crippen molar-refractivity contribution < 1.29 is 27.1 Å². The maximum absolute atomic E-state index is 13.4. The molecule has 0 saturated heterocycles. The van der Waals surface area contributed by atoms with Crippen LogP contribution in [0.5, 0.6) is 11.5 Å². The Hall–Kier alpha value is -2.65. The summed E-state index contributed by atoms with van der Waals surface area (Å²) >= 11 is 0. The van der Waals surface area contributed by atoms with Crippen LogP contribution in [0.15, 0.2) is 47.4 Å². The molecule has 9 heteroatoms. The highest BCUT2D eigenvalue weighted by Crippen LogP contribution is 2.28. The fraction of sp³-hybridized carbons (Fsp3) is 0.278. The SMILES string of the molecule is COc1ccc(OC)c(S(=O)(=O)NCCN(C(C)=O)c2cccc(F)c2)c1. The Kier molecular flexibility index (Phi) is 6.75. The van der Waals surface area contributed by atoms with E-state index in [1.807, 2.05) is 0 Å². The van der Waals surface area contributed by atoms with E-state index in [1.165, 1.54) is 56.4 Å². The number of halogens is 1. The van der Waals surface area contributed by atoms with Crippen molar-refractivity contribution in [2.24, 2.45) is 0 Å². The Morgan fingerprint density at radius 1 is 1.15 bits per heavy atom. The van der Waals surface area contributed by atoms with Gasteiger partial charge in [-0.15, -0.1) is 0 Å². The molecule has 0 aromatic heterocycles. The van der Waals surface area contributed by atoms with E-state index < -0.39 is 15.8 Å². The van der Waals surface area contributed by atoms with Crippen LogP contribution in [0.25, 0.3) is 0 Å². The van der Waals surface area contributed by atoms with Gasteiger partial charge in [0.05, 0.1) is 14.2 Å². The lowest BCUT2D eigenvalue weighted by molar-refractivity contribution is -0.116. The van der Waals surface area contributed by atoms with E-state index in [4.69, 9.17) is 9.47 Å². The zero-order valence-electron chi connectivity index (χ0n) is 15.2. The van der Waals surface area contributed by atoms with Crippen LogP contribution in [0.3, 0.4) is 0 Å². The van der Waals surface area contributed by atoms with E-state index in [0.29, 0.717) is 11.4 Å². The van der Waals surface area contributed by atoms with Gasteiger partial charge in [-0.25, -0.2) is 17.5 Å². The molecule has 27 heavy (non-hydrogen) atoms. The Morgan fingerprint density at radius 2 is 1.89 bits per heavy atom. The second kappa shape index (κ2) is 8.83. The molecular formula is C18H21FN2O5S. The zero-order valence-corrected chi connectivity index (χ0v) is 16.0. The Morgan fingerprint density at radius 3 is 2.48 bits per heavy atom. The number of ether oxygens (including phenoxy) is 2. The maximum atomic E-state index is 13.4. The van der Waals surface area contributed by atoms with Gasteiger partial charge in [0.25, 0.3) is 0 Å². The lowest BCUT2D eigenvalue weighted by Crippen LogP contribution is -2.37. The van der Waals surface area contributed by atoms with Crippen LogP contribution in [0, 0.1) is 5.82 Å². The number of carbonyl (C=O) groups is 1. The molecule has 2 aromatic rings. The predicted molar refractivity (Wildman–Crippen MR) is 99.2 cm³/mol. The predicted octanol–water partition coefficient (Wildman–Crippen LogP) is 2.17. The van der Waals surface area contributed by atoms with Gasteiger partial charge in [-0.05, 0) is 30.3 Å². The van der Waals surface area contributed by atoms with Crippen molar-refractivity contribution in [1.29, 1.82) is 0 Å². The molecule has 0 spiro atoms. The summed E-state index contributed by atoms with van der Waals surface area (Å²) in [6.07, 6.45) is 0. The molecule has 0 unspecified atom stereocenters. The van der Waals surface area contributed by atoms with E-state index in [0.717, 1.165) is 0 Å². The zero-order chi connectivity index (χ0) is 20.0. The van der Waals surface area contributed by atoms with Crippen LogP contribution in [-0.4, -0.2) is 41.6 Å². The van der Waals surface area contributed by atoms with Crippen molar-refractivity contribution in [3.63, 3.8) is 0 Å². The number of benzene rings is 2. The highest BCUT2D eigenvalue weighted by molar-refractivity contribution is 7.89. The van der Waals surface area contributed by atoms with E-state index in [9.17, 15) is 17.6 Å². The number of amides is 1. The van der Waals surface area contributed by atoms with Crippen molar-refractivity contribution in [2.45, 2.75) is 11.8 Å². The van der Waals surface area contributed by atoms with Gasteiger partial charge in [-0.2, -0.15) is 0 Å². The number of anilines is 1.